The minimum atomic E-state index is -0.788. The summed E-state index contributed by atoms with van der Waals surface area (Å²) < 4.78 is 16.8. The zero-order valence-corrected chi connectivity index (χ0v) is 44.4. The molecule has 1 unspecified atom stereocenters. The molecule has 0 bridgehead atoms. The van der Waals surface area contributed by atoms with Crippen LogP contribution in [0.5, 0.6) is 0 Å². The Labute approximate surface area is 415 Å². The smallest absolute Gasteiger partial charge is 0.306 e. The predicted molar refractivity (Wildman–Crippen MR) is 288 cm³/mol. The molecule has 0 aliphatic heterocycles. The number of esters is 3. The highest BCUT2D eigenvalue weighted by molar-refractivity contribution is 5.71. The maximum Gasteiger partial charge on any atom is 0.306 e. The highest BCUT2D eigenvalue weighted by Crippen LogP contribution is 2.16. The fourth-order valence-corrected chi connectivity index (χ4v) is 8.21. The van der Waals surface area contributed by atoms with Gasteiger partial charge in [0.2, 0.25) is 0 Å². The number of unbranched alkanes of at least 4 members (excludes halogenated alkanes) is 34. The van der Waals surface area contributed by atoms with E-state index in [4.69, 9.17) is 14.2 Å². The molecule has 0 saturated heterocycles. The Balaban J connectivity index is 4.38. The zero-order valence-electron chi connectivity index (χ0n) is 44.4. The SMILES string of the molecule is CCCCC\C=C/C=C\C=C/C=C\CCCCCCCC(=O)OC(COC(=O)CCCCCCC/C=C\CCCCC)COC(=O)CCCCCCCCCCCCCCCCCCCCC. The van der Waals surface area contributed by atoms with Crippen molar-refractivity contribution in [1.82, 2.24) is 0 Å². The van der Waals surface area contributed by atoms with Gasteiger partial charge in [0, 0.05) is 19.3 Å². The summed E-state index contributed by atoms with van der Waals surface area (Å²) in [5, 5.41) is 0. The molecule has 0 heterocycles. The van der Waals surface area contributed by atoms with Crippen LogP contribution in [-0.2, 0) is 28.6 Å². The molecule has 6 heteroatoms. The number of carbonyl (C=O) groups is 3. The van der Waals surface area contributed by atoms with Gasteiger partial charge in [0.05, 0.1) is 0 Å². The van der Waals surface area contributed by atoms with Crippen molar-refractivity contribution in [2.75, 3.05) is 13.2 Å². The van der Waals surface area contributed by atoms with Gasteiger partial charge >= 0.3 is 17.9 Å². The van der Waals surface area contributed by atoms with Crippen LogP contribution in [0.3, 0.4) is 0 Å². The summed E-state index contributed by atoms with van der Waals surface area (Å²) in [7, 11) is 0. The number of allylic oxidation sites excluding steroid dienone is 10. The lowest BCUT2D eigenvalue weighted by Crippen LogP contribution is -2.30. The van der Waals surface area contributed by atoms with Gasteiger partial charge in [-0.1, -0.05) is 261 Å². The van der Waals surface area contributed by atoms with Crippen molar-refractivity contribution in [3.63, 3.8) is 0 Å². The molecule has 388 valence electrons. The summed E-state index contributed by atoms with van der Waals surface area (Å²) in [5.74, 6) is -0.905. The summed E-state index contributed by atoms with van der Waals surface area (Å²) in [4.78, 5) is 38.1. The molecule has 6 nitrogen and oxygen atoms in total. The molecule has 67 heavy (non-hydrogen) atoms. The molecule has 0 radical (unpaired) electrons. The Morgan fingerprint density at radius 2 is 0.552 bits per heavy atom. The van der Waals surface area contributed by atoms with E-state index in [0.717, 1.165) is 89.9 Å². The van der Waals surface area contributed by atoms with Crippen LogP contribution in [0.1, 0.15) is 290 Å². The van der Waals surface area contributed by atoms with Crippen LogP contribution < -0.4 is 0 Å². The minimum absolute atomic E-state index is 0.0841. The molecule has 0 aromatic carbocycles. The fourth-order valence-electron chi connectivity index (χ4n) is 8.21. The van der Waals surface area contributed by atoms with E-state index in [2.05, 4.69) is 81.5 Å². The highest BCUT2D eigenvalue weighted by atomic mass is 16.6. The number of rotatable bonds is 52. The van der Waals surface area contributed by atoms with Crippen LogP contribution in [0.4, 0.5) is 0 Å². The number of carbonyl (C=O) groups excluding carboxylic acids is 3. The Kier molecular flexibility index (Phi) is 53.3. The second-order valence-electron chi connectivity index (χ2n) is 19.3. The van der Waals surface area contributed by atoms with Gasteiger partial charge < -0.3 is 14.2 Å². The maximum atomic E-state index is 12.8. The Morgan fingerprint density at radius 1 is 0.299 bits per heavy atom. The third-order valence-corrected chi connectivity index (χ3v) is 12.6. The first-order chi connectivity index (χ1) is 33.0. The average molecular weight is 938 g/mol. The first-order valence-electron chi connectivity index (χ1n) is 28.8. The van der Waals surface area contributed by atoms with Gasteiger partial charge in [0.25, 0.3) is 0 Å². The molecule has 0 amide bonds. The second kappa shape index (κ2) is 55.7. The van der Waals surface area contributed by atoms with Gasteiger partial charge in [-0.05, 0) is 70.6 Å². The molecule has 0 aliphatic carbocycles. The third kappa shape index (κ3) is 53.9. The van der Waals surface area contributed by atoms with Crippen LogP contribution >= 0.6 is 0 Å². The van der Waals surface area contributed by atoms with E-state index in [0.29, 0.717) is 19.3 Å². The Bertz CT molecular complexity index is 1210. The summed E-state index contributed by atoms with van der Waals surface area (Å²) in [6, 6.07) is 0. The molecule has 0 fully saturated rings. The lowest BCUT2D eigenvalue weighted by atomic mass is 10.0. The Hall–Kier alpha value is -2.89. The summed E-state index contributed by atoms with van der Waals surface area (Å²) in [6.07, 6.45) is 69.2. The van der Waals surface area contributed by atoms with E-state index in [-0.39, 0.29) is 31.1 Å². The molecule has 0 spiro atoms. The largest absolute Gasteiger partial charge is 0.462 e. The van der Waals surface area contributed by atoms with Crippen molar-refractivity contribution in [3.8, 4) is 0 Å². The maximum absolute atomic E-state index is 12.8. The summed E-state index contributed by atoms with van der Waals surface area (Å²) in [5.41, 5.74) is 0. The van der Waals surface area contributed by atoms with Crippen molar-refractivity contribution in [2.24, 2.45) is 0 Å². The van der Waals surface area contributed by atoms with Gasteiger partial charge in [-0.3, -0.25) is 14.4 Å². The van der Waals surface area contributed by atoms with Crippen molar-refractivity contribution >= 4 is 17.9 Å². The van der Waals surface area contributed by atoms with Crippen LogP contribution in [0, 0.1) is 0 Å². The van der Waals surface area contributed by atoms with E-state index in [9.17, 15) is 14.4 Å². The molecule has 0 rings (SSSR count). The summed E-state index contributed by atoms with van der Waals surface area (Å²) in [6.45, 7) is 6.58. The van der Waals surface area contributed by atoms with E-state index in [1.54, 1.807) is 0 Å². The van der Waals surface area contributed by atoms with E-state index in [1.165, 1.54) is 161 Å². The minimum Gasteiger partial charge on any atom is -0.462 e. The number of hydrogen-bond donors (Lipinski definition) is 0. The first kappa shape index (κ1) is 64.1. The summed E-state index contributed by atoms with van der Waals surface area (Å²) >= 11 is 0. The molecular weight excluding hydrogens is 829 g/mol. The highest BCUT2D eigenvalue weighted by Gasteiger charge is 2.19. The van der Waals surface area contributed by atoms with E-state index in [1.807, 2.05) is 0 Å². The molecule has 0 saturated carbocycles. The lowest BCUT2D eigenvalue weighted by Gasteiger charge is -2.18. The average Bonchev–Trinajstić information content (AvgIpc) is 3.33. The van der Waals surface area contributed by atoms with Gasteiger partial charge in [-0.2, -0.15) is 0 Å². The zero-order chi connectivity index (χ0) is 48.6. The first-order valence-corrected chi connectivity index (χ1v) is 28.8. The molecule has 0 aliphatic rings. The van der Waals surface area contributed by atoms with Crippen LogP contribution in [0.15, 0.2) is 60.8 Å². The van der Waals surface area contributed by atoms with Crippen molar-refractivity contribution < 1.29 is 28.6 Å². The van der Waals surface area contributed by atoms with Crippen molar-refractivity contribution in [2.45, 2.75) is 297 Å². The van der Waals surface area contributed by atoms with Gasteiger partial charge in [-0.15, -0.1) is 0 Å². The van der Waals surface area contributed by atoms with Crippen molar-refractivity contribution in [1.29, 1.82) is 0 Å². The van der Waals surface area contributed by atoms with Crippen LogP contribution in [0.25, 0.3) is 0 Å². The predicted octanol–water partition coefficient (Wildman–Crippen LogP) is 19.2. The standard InChI is InChI=1S/C61H108O6/c1-4-7-10-13-16-19-22-25-27-29-31-33-34-36-39-42-45-48-51-54-60(63)66-57-58(56-65-59(62)53-50-47-44-41-38-24-21-18-15-12-9-6-3)67-61(64)55-52-49-46-43-40-37-35-32-30-28-26-23-20-17-14-11-8-5-2/h17-18,20-21,23,26,28,30,32,35,58H,4-16,19,22,24-25,27,29,31,33-34,36-57H2,1-3H3/b20-17-,21-18-,26-23-,30-28-,35-32-. The van der Waals surface area contributed by atoms with Crippen LogP contribution in [-0.4, -0.2) is 37.2 Å². The third-order valence-electron chi connectivity index (χ3n) is 12.6. The second-order valence-corrected chi connectivity index (χ2v) is 19.3. The topological polar surface area (TPSA) is 78.9 Å². The monoisotopic (exact) mass is 937 g/mol. The molecule has 0 aromatic rings. The van der Waals surface area contributed by atoms with Gasteiger partial charge in [0.1, 0.15) is 13.2 Å². The van der Waals surface area contributed by atoms with Gasteiger partial charge in [-0.25, -0.2) is 0 Å². The fraction of sp³-hybridized carbons (Fsp3) is 0.787. The molecule has 0 aromatic heterocycles. The van der Waals surface area contributed by atoms with Crippen molar-refractivity contribution in [3.05, 3.63) is 60.8 Å². The quantitative estimate of drug-likeness (QED) is 0.0199. The lowest BCUT2D eigenvalue weighted by molar-refractivity contribution is -0.167. The van der Waals surface area contributed by atoms with E-state index < -0.39 is 6.10 Å². The normalized spacial score (nSPS) is 12.5. The number of hydrogen-bond acceptors (Lipinski definition) is 6. The molecular formula is C61H108O6. The van der Waals surface area contributed by atoms with Gasteiger partial charge in [0.15, 0.2) is 6.10 Å². The number of ether oxygens (including phenoxy) is 3. The molecule has 0 N–H and O–H groups in total. The van der Waals surface area contributed by atoms with Crippen LogP contribution in [0.2, 0.25) is 0 Å². The Morgan fingerprint density at radius 3 is 0.910 bits per heavy atom. The van der Waals surface area contributed by atoms with E-state index >= 15 is 0 Å². The molecule has 1 atom stereocenters.